The standard InChI is InChI=1S/C15H14O4S/c1-11(12-7-3-2-4-8-12)20(18,19)14-10-6-5-9-13(14)15(16)17/h2-11H,1H3,(H,16,17). The highest BCUT2D eigenvalue weighted by atomic mass is 32.2. The van der Waals surface area contributed by atoms with Gasteiger partial charge in [0.1, 0.15) is 0 Å². The van der Waals surface area contributed by atoms with Crippen LogP contribution in [0.15, 0.2) is 59.5 Å². The summed E-state index contributed by atoms with van der Waals surface area (Å²) in [7, 11) is -3.75. The second kappa shape index (κ2) is 5.46. The Labute approximate surface area is 117 Å². The largest absolute Gasteiger partial charge is 0.478 e. The van der Waals surface area contributed by atoms with E-state index in [1.165, 1.54) is 24.3 Å². The van der Waals surface area contributed by atoms with E-state index in [0.717, 1.165) is 0 Å². The van der Waals surface area contributed by atoms with E-state index in [4.69, 9.17) is 5.11 Å². The van der Waals surface area contributed by atoms with Crippen LogP contribution in [0.1, 0.15) is 28.1 Å². The maximum absolute atomic E-state index is 12.6. The molecule has 0 aromatic heterocycles. The molecule has 2 aromatic carbocycles. The molecule has 0 aliphatic rings. The van der Waals surface area contributed by atoms with Gasteiger partial charge >= 0.3 is 5.97 Å². The first-order chi connectivity index (χ1) is 9.44. The number of hydrogen-bond donors (Lipinski definition) is 1. The zero-order chi connectivity index (χ0) is 14.8. The van der Waals surface area contributed by atoms with Gasteiger partial charge in [0.2, 0.25) is 0 Å². The molecule has 0 heterocycles. The number of benzene rings is 2. The van der Waals surface area contributed by atoms with Crippen LogP contribution in [-0.2, 0) is 9.84 Å². The Balaban J connectivity index is 2.54. The third-order valence-electron chi connectivity index (χ3n) is 3.16. The lowest BCUT2D eigenvalue weighted by Crippen LogP contribution is -2.14. The van der Waals surface area contributed by atoms with Crippen molar-refractivity contribution in [1.29, 1.82) is 0 Å². The van der Waals surface area contributed by atoms with Crippen LogP contribution in [0.4, 0.5) is 0 Å². The molecule has 2 aromatic rings. The summed E-state index contributed by atoms with van der Waals surface area (Å²) < 4.78 is 25.2. The van der Waals surface area contributed by atoms with E-state index in [1.54, 1.807) is 37.3 Å². The Kier molecular flexibility index (Phi) is 3.90. The summed E-state index contributed by atoms with van der Waals surface area (Å²) in [5.74, 6) is -1.25. The molecule has 20 heavy (non-hydrogen) atoms. The fourth-order valence-electron chi connectivity index (χ4n) is 1.99. The summed E-state index contributed by atoms with van der Waals surface area (Å²) in [4.78, 5) is 11.0. The molecule has 104 valence electrons. The number of carboxylic acids is 1. The van der Waals surface area contributed by atoms with Crippen LogP contribution in [0.25, 0.3) is 0 Å². The Morgan fingerprint density at radius 3 is 2.15 bits per heavy atom. The van der Waals surface area contributed by atoms with Gasteiger partial charge in [-0.05, 0) is 24.6 Å². The molecule has 0 aliphatic heterocycles. The van der Waals surface area contributed by atoms with Crippen molar-refractivity contribution in [2.24, 2.45) is 0 Å². The summed E-state index contributed by atoms with van der Waals surface area (Å²) >= 11 is 0. The number of rotatable bonds is 4. The highest BCUT2D eigenvalue weighted by Crippen LogP contribution is 2.30. The van der Waals surface area contributed by atoms with Crippen molar-refractivity contribution in [2.75, 3.05) is 0 Å². The van der Waals surface area contributed by atoms with E-state index in [2.05, 4.69) is 0 Å². The average Bonchev–Trinajstić information content (AvgIpc) is 2.47. The lowest BCUT2D eigenvalue weighted by molar-refractivity contribution is 0.0692. The van der Waals surface area contributed by atoms with Gasteiger partial charge in [0.25, 0.3) is 0 Å². The van der Waals surface area contributed by atoms with E-state index in [9.17, 15) is 13.2 Å². The Morgan fingerprint density at radius 2 is 1.55 bits per heavy atom. The van der Waals surface area contributed by atoms with Gasteiger partial charge in [-0.25, -0.2) is 13.2 Å². The Bertz CT molecular complexity index is 721. The first-order valence-electron chi connectivity index (χ1n) is 6.05. The van der Waals surface area contributed by atoms with Crippen LogP contribution in [0.3, 0.4) is 0 Å². The van der Waals surface area contributed by atoms with E-state index < -0.39 is 21.1 Å². The Hall–Kier alpha value is -2.14. The number of carboxylic acid groups (broad SMARTS) is 1. The summed E-state index contributed by atoms with van der Waals surface area (Å²) in [5, 5.41) is 8.32. The third kappa shape index (κ3) is 2.58. The van der Waals surface area contributed by atoms with Crippen molar-refractivity contribution in [3.8, 4) is 0 Å². The van der Waals surface area contributed by atoms with Crippen molar-refractivity contribution >= 4 is 15.8 Å². The predicted octanol–water partition coefficient (Wildman–Crippen LogP) is 2.92. The molecule has 0 amide bonds. The van der Waals surface area contributed by atoms with Crippen LogP contribution in [0.5, 0.6) is 0 Å². The van der Waals surface area contributed by atoms with Crippen LogP contribution < -0.4 is 0 Å². The first kappa shape index (κ1) is 14.3. The maximum atomic E-state index is 12.6. The molecule has 0 saturated carbocycles. The molecule has 1 N–H and O–H groups in total. The minimum atomic E-state index is -3.75. The zero-order valence-corrected chi connectivity index (χ0v) is 11.7. The second-order valence-electron chi connectivity index (χ2n) is 4.40. The van der Waals surface area contributed by atoms with Crippen molar-refractivity contribution in [3.05, 3.63) is 65.7 Å². The normalized spacial score (nSPS) is 12.8. The van der Waals surface area contributed by atoms with E-state index in [0.29, 0.717) is 5.56 Å². The van der Waals surface area contributed by atoms with Gasteiger partial charge in [0.05, 0.1) is 15.7 Å². The van der Waals surface area contributed by atoms with Crippen molar-refractivity contribution in [2.45, 2.75) is 17.1 Å². The molecule has 4 nitrogen and oxygen atoms in total. The van der Waals surface area contributed by atoms with Crippen LogP contribution in [-0.4, -0.2) is 19.5 Å². The summed E-state index contributed by atoms with van der Waals surface area (Å²) in [6.45, 7) is 1.56. The van der Waals surface area contributed by atoms with Gasteiger partial charge in [-0.2, -0.15) is 0 Å². The van der Waals surface area contributed by atoms with Crippen LogP contribution in [0.2, 0.25) is 0 Å². The van der Waals surface area contributed by atoms with Gasteiger partial charge in [0, 0.05) is 0 Å². The predicted molar refractivity (Wildman–Crippen MR) is 75.4 cm³/mol. The maximum Gasteiger partial charge on any atom is 0.337 e. The molecule has 1 atom stereocenters. The molecule has 5 heteroatoms. The molecule has 2 rings (SSSR count). The quantitative estimate of drug-likeness (QED) is 0.939. The van der Waals surface area contributed by atoms with Gasteiger partial charge in [-0.3, -0.25) is 0 Å². The smallest absolute Gasteiger partial charge is 0.337 e. The third-order valence-corrected chi connectivity index (χ3v) is 5.33. The van der Waals surface area contributed by atoms with Crippen molar-refractivity contribution < 1.29 is 18.3 Å². The summed E-state index contributed by atoms with van der Waals surface area (Å²) in [6, 6.07) is 14.4. The zero-order valence-electron chi connectivity index (χ0n) is 10.9. The number of aromatic carboxylic acids is 1. The molecule has 0 fully saturated rings. The lowest BCUT2D eigenvalue weighted by atomic mass is 10.2. The molecule has 0 aliphatic carbocycles. The monoisotopic (exact) mass is 290 g/mol. The van der Waals surface area contributed by atoms with Crippen molar-refractivity contribution in [3.63, 3.8) is 0 Å². The Morgan fingerprint density at radius 1 is 1.00 bits per heavy atom. The van der Waals surface area contributed by atoms with Gasteiger partial charge in [0.15, 0.2) is 9.84 Å². The molecule has 0 saturated heterocycles. The topological polar surface area (TPSA) is 71.4 Å². The number of sulfone groups is 1. The van der Waals surface area contributed by atoms with Gasteiger partial charge in [-0.15, -0.1) is 0 Å². The van der Waals surface area contributed by atoms with Crippen LogP contribution >= 0.6 is 0 Å². The summed E-state index contributed by atoms with van der Waals surface area (Å²) in [6.07, 6.45) is 0. The van der Waals surface area contributed by atoms with Gasteiger partial charge < -0.3 is 5.11 Å². The molecule has 0 bridgehead atoms. The minimum Gasteiger partial charge on any atom is -0.478 e. The molecular weight excluding hydrogens is 276 g/mol. The lowest BCUT2D eigenvalue weighted by Gasteiger charge is -2.15. The summed E-state index contributed by atoms with van der Waals surface area (Å²) in [5.41, 5.74) is 0.433. The number of hydrogen-bond acceptors (Lipinski definition) is 3. The molecule has 0 spiro atoms. The fourth-order valence-corrected chi connectivity index (χ4v) is 3.61. The number of carbonyl (C=O) groups is 1. The second-order valence-corrected chi connectivity index (χ2v) is 6.64. The highest BCUT2D eigenvalue weighted by molar-refractivity contribution is 7.91. The first-order valence-corrected chi connectivity index (χ1v) is 7.60. The molecule has 1 unspecified atom stereocenters. The average molecular weight is 290 g/mol. The van der Waals surface area contributed by atoms with E-state index >= 15 is 0 Å². The van der Waals surface area contributed by atoms with Gasteiger partial charge in [-0.1, -0.05) is 42.5 Å². The highest BCUT2D eigenvalue weighted by Gasteiger charge is 2.28. The fraction of sp³-hybridized carbons (Fsp3) is 0.133. The molecule has 0 radical (unpaired) electrons. The van der Waals surface area contributed by atoms with E-state index in [1.807, 2.05) is 0 Å². The van der Waals surface area contributed by atoms with Crippen LogP contribution in [0, 0.1) is 0 Å². The minimum absolute atomic E-state index is 0.149. The van der Waals surface area contributed by atoms with E-state index in [-0.39, 0.29) is 10.5 Å². The SMILES string of the molecule is CC(c1ccccc1)S(=O)(=O)c1ccccc1C(=O)O. The molecular formula is C15H14O4S. The van der Waals surface area contributed by atoms with Crippen molar-refractivity contribution in [1.82, 2.24) is 0 Å².